The second-order valence-electron chi connectivity index (χ2n) is 21.3. The number of alkyl halides is 1. The molecule has 3 aromatic carbocycles. The topological polar surface area (TPSA) is 216 Å². The van der Waals surface area contributed by atoms with E-state index < -0.39 is 67.0 Å². The molecule has 6 aromatic rings. The second kappa shape index (κ2) is 21.2. The summed E-state index contributed by atoms with van der Waals surface area (Å²) in [6.45, 7) is 7.48. The zero-order valence-electron chi connectivity index (χ0n) is 43.4. The molecule has 4 fully saturated rings. The van der Waals surface area contributed by atoms with Gasteiger partial charge in [0.2, 0.25) is 18.6 Å². The Morgan fingerprint density at radius 3 is 2.50 bits per heavy atom. The number of hydrogen-bond donors (Lipinski definition) is 3. The van der Waals surface area contributed by atoms with E-state index in [2.05, 4.69) is 68.2 Å². The number of fused-ring (bicyclic) bond motifs is 2. The molecule has 412 valence electrons. The molecule has 4 aliphatic heterocycles. The van der Waals surface area contributed by atoms with Crippen LogP contribution >= 0.6 is 0 Å². The fraction of sp³-hybridized carbons (Fsp3) is 0.436. The van der Waals surface area contributed by atoms with Crippen LogP contribution < -0.4 is 33.9 Å². The number of nitrogens with one attached hydrogen (secondary N) is 3. The van der Waals surface area contributed by atoms with E-state index in [0.29, 0.717) is 60.8 Å². The third kappa shape index (κ3) is 10.5. The van der Waals surface area contributed by atoms with E-state index in [1.54, 1.807) is 30.5 Å². The Bertz CT molecular complexity index is 3380. The van der Waals surface area contributed by atoms with Gasteiger partial charge in [-0.2, -0.15) is 9.37 Å². The maximum Gasteiger partial charge on any atom is 0.297 e. The number of carbonyl (C=O) groups excluding carboxylic acids is 1. The summed E-state index contributed by atoms with van der Waals surface area (Å²) in [5.74, 6) is -2.92. The van der Waals surface area contributed by atoms with E-state index in [1.165, 1.54) is 30.5 Å². The molecule has 0 unspecified atom stereocenters. The Balaban J connectivity index is 0.821. The zero-order chi connectivity index (χ0) is 54.5. The van der Waals surface area contributed by atoms with Crippen LogP contribution in [0.3, 0.4) is 0 Å². The van der Waals surface area contributed by atoms with Crippen molar-refractivity contribution in [1.82, 2.24) is 29.5 Å². The normalized spacial score (nSPS) is 19.5. The van der Waals surface area contributed by atoms with Crippen LogP contribution in [0.1, 0.15) is 91.4 Å². The summed E-state index contributed by atoms with van der Waals surface area (Å²) < 4.78 is 105. The van der Waals surface area contributed by atoms with Gasteiger partial charge in [0, 0.05) is 119 Å². The van der Waals surface area contributed by atoms with Crippen molar-refractivity contribution in [3.63, 3.8) is 0 Å². The lowest BCUT2D eigenvalue weighted by Gasteiger charge is -2.58. The summed E-state index contributed by atoms with van der Waals surface area (Å²) in [6.07, 6.45) is 6.60. The van der Waals surface area contributed by atoms with E-state index in [0.717, 1.165) is 44.8 Å². The minimum atomic E-state index is -5.03. The average molecular weight is 1100 g/mol. The number of methoxy groups -OCH3 is 1. The first-order chi connectivity index (χ1) is 37.5. The van der Waals surface area contributed by atoms with Gasteiger partial charge in [0.1, 0.15) is 33.5 Å². The number of ether oxygens (including phenoxy) is 5. The number of H-pyrrole nitrogens is 1. The van der Waals surface area contributed by atoms with Crippen molar-refractivity contribution in [2.75, 3.05) is 76.6 Å². The van der Waals surface area contributed by atoms with Crippen molar-refractivity contribution in [3.05, 3.63) is 123 Å². The molecule has 19 nitrogen and oxygen atoms in total. The number of aromatic nitrogens is 3. The van der Waals surface area contributed by atoms with Crippen LogP contribution in [0.25, 0.3) is 11.0 Å². The first kappa shape index (κ1) is 52.8. The summed E-state index contributed by atoms with van der Waals surface area (Å²) in [5.41, 5.74) is 0.455. The fourth-order valence-electron chi connectivity index (χ4n) is 11.9. The number of amides is 1. The van der Waals surface area contributed by atoms with Crippen molar-refractivity contribution in [2.24, 2.45) is 5.41 Å². The van der Waals surface area contributed by atoms with Gasteiger partial charge in [-0.05, 0) is 72.4 Å². The first-order valence-corrected chi connectivity index (χ1v) is 27.6. The van der Waals surface area contributed by atoms with Crippen molar-refractivity contribution in [3.8, 4) is 28.9 Å². The standard InChI is InChI=1S/C55H60F3N9O10S/c1-33(2)38-6-4-5-7-39(38)44-30-64(29-35-8-9-47(73-3)62-51(35)57)18-19-66(44)36-26-54(27-36)11-16-65(17-12-54)42-24-45(77-37-22-34-10-15-59-52(34)60-28-37)40(23-41(42)56)53(68)63-78(71,72)46-25-43(67(69)70)48(50-49(46)75-32-76-50)61-31-55(58)13-20-74-21-14-55/h4-10,15,22-25,28,33,36,44,61H,11-14,16-21,26-27,29-32H2,1-3H3,(H,59,60)(H,63,68)/t44-/m0/s1. The summed E-state index contributed by atoms with van der Waals surface area (Å²) in [6, 6.07) is 18.8. The molecule has 78 heavy (non-hydrogen) atoms. The molecule has 3 saturated heterocycles. The molecule has 1 amide bonds. The maximum atomic E-state index is 16.7. The van der Waals surface area contributed by atoms with Gasteiger partial charge in [-0.25, -0.2) is 26.9 Å². The van der Waals surface area contributed by atoms with Gasteiger partial charge in [-0.1, -0.05) is 38.1 Å². The largest absolute Gasteiger partial charge is 0.481 e. The zero-order valence-corrected chi connectivity index (χ0v) is 44.2. The highest BCUT2D eigenvalue weighted by atomic mass is 32.2. The van der Waals surface area contributed by atoms with E-state index in [9.17, 15) is 23.3 Å². The predicted octanol–water partition coefficient (Wildman–Crippen LogP) is 9.15. The molecule has 11 rings (SSSR count). The highest BCUT2D eigenvalue weighted by molar-refractivity contribution is 7.90. The van der Waals surface area contributed by atoms with Crippen LogP contribution in [0.15, 0.2) is 84.0 Å². The molecule has 1 spiro atoms. The van der Waals surface area contributed by atoms with Gasteiger partial charge in [0.15, 0.2) is 17.2 Å². The Morgan fingerprint density at radius 2 is 1.76 bits per heavy atom. The summed E-state index contributed by atoms with van der Waals surface area (Å²) >= 11 is 0. The highest BCUT2D eigenvalue weighted by Crippen LogP contribution is 2.54. The third-order valence-corrected chi connectivity index (χ3v) is 17.5. The SMILES string of the molecule is COc1ccc(CN2CCN(C3CC4(CCN(c5cc(Oc6cnc7[nH]ccc7c6)c(C(=O)NS(=O)(=O)c6cc([N+](=O)[O-])c(NCC7(F)CCOCC7)c7c6OCO7)cc5F)CC4)C3)[C@H](c3ccccc3C(C)C)C2)c(F)n1. The minimum absolute atomic E-state index is 0.0123. The Morgan fingerprint density at radius 1 is 0.987 bits per heavy atom. The maximum absolute atomic E-state index is 16.7. The molecule has 23 heteroatoms. The van der Waals surface area contributed by atoms with Crippen molar-refractivity contribution < 1.29 is 55.0 Å². The Kier molecular flexibility index (Phi) is 14.4. The highest BCUT2D eigenvalue weighted by Gasteiger charge is 2.50. The number of carbonyl (C=O) groups is 1. The van der Waals surface area contributed by atoms with E-state index >= 15 is 13.2 Å². The molecular formula is C55H60F3N9O10S. The number of anilines is 2. The number of nitro benzene ring substituents is 1. The minimum Gasteiger partial charge on any atom is -0.481 e. The number of benzene rings is 3. The van der Waals surface area contributed by atoms with Crippen molar-refractivity contribution in [1.29, 1.82) is 0 Å². The fourth-order valence-corrected chi connectivity index (χ4v) is 13.0. The van der Waals surface area contributed by atoms with Gasteiger partial charge in [-0.3, -0.25) is 24.7 Å². The predicted molar refractivity (Wildman–Crippen MR) is 282 cm³/mol. The van der Waals surface area contributed by atoms with Crippen LogP contribution in [-0.4, -0.2) is 122 Å². The van der Waals surface area contributed by atoms with Crippen LogP contribution in [0, 0.1) is 27.3 Å². The van der Waals surface area contributed by atoms with E-state index in [4.69, 9.17) is 23.7 Å². The number of aromatic amines is 1. The molecule has 7 heterocycles. The van der Waals surface area contributed by atoms with Gasteiger partial charge in [0.25, 0.3) is 21.6 Å². The smallest absolute Gasteiger partial charge is 0.297 e. The molecule has 1 atom stereocenters. The quantitative estimate of drug-likeness (QED) is 0.0468. The lowest BCUT2D eigenvalue weighted by atomic mass is 9.59. The first-order valence-electron chi connectivity index (χ1n) is 26.1. The van der Waals surface area contributed by atoms with Gasteiger partial charge in [-0.15, -0.1) is 0 Å². The monoisotopic (exact) mass is 1100 g/mol. The number of halogens is 3. The Hall–Kier alpha value is -7.21. The summed E-state index contributed by atoms with van der Waals surface area (Å²) in [4.78, 5) is 43.3. The van der Waals surface area contributed by atoms with Crippen LogP contribution in [0.4, 0.5) is 30.2 Å². The van der Waals surface area contributed by atoms with Gasteiger partial charge in [0.05, 0.1) is 29.5 Å². The van der Waals surface area contributed by atoms with Crippen LogP contribution in [-0.2, 0) is 21.3 Å². The average Bonchev–Trinajstić information content (AvgIpc) is 4.19. The van der Waals surface area contributed by atoms with Crippen molar-refractivity contribution in [2.45, 2.75) is 87.5 Å². The molecule has 1 aliphatic carbocycles. The number of nitro groups is 1. The van der Waals surface area contributed by atoms with Crippen LogP contribution in [0.5, 0.6) is 28.9 Å². The number of piperidine rings is 1. The van der Waals surface area contributed by atoms with Crippen LogP contribution in [0.2, 0.25) is 0 Å². The summed E-state index contributed by atoms with van der Waals surface area (Å²) in [5, 5.41) is 15.9. The number of hydrogen-bond acceptors (Lipinski definition) is 16. The van der Waals surface area contributed by atoms with E-state index in [1.807, 2.05) is 9.62 Å². The molecule has 5 aliphatic rings. The van der Waals surface area contributed by atoms with E-state index in [-0.39, 0.29) is 78.6 Å². The van der Waals surface area contributed by atoms with Crippen molar-refractivity contribution >= 4 is 44.0 Å². The number of piperazine rings is 1. The number of nitrogens with zero attached hydrogens (tertiary/aromatic N) is 6. The van der Waals surface area contributed by atoms with Gasteiger partial charge >= 0.3 is 0 Å². The molecule has 0 radical (unpaired) electrons. The lowest BCUT2D eigenvalue weighted by Crippen LogP contribution is -2.60. The molecular weight excluding hydrogens is 1040 g/mol. The number of sulfonamides is 1. The molecule has 3 aromatic heterocycles. The lowest BCUT2D eigenvalue weighted by molar-refractivity contribution is -0.384. The number of rotatable bonds is 16. The third-order valence-electron chi connectivity index (χ3n) is 16.1. The molecule has 0 bridgehead atoms. The summed E-state index contributed by atoms with van der Waals surface area (Å²) in [7, 11) is -3.57. The van der Waals surface area contributed by atoms with Gasteiger partial charge < -0.3 is 38.9 Å². The molecule has 1 saturated carbocycles. The Labute approximate surface area is 448 Å². The number of pyridine rings is 2. The second-order valence-corrected chi connectivity index (χ2v) is 22.9. The molecule has 3 N–H and O–H groups in total.